The average molecular weight is 418 g/mol. The van der Waals surface area contributed by atoms with Crippen LogP contribution in [0.15, 0.2) is 24.3 Å². The number of esters is 1. The second-order valence-corrected chi connectivity index (χ2v) is 9.43. The standard InChI is InChI=1S/C22H27NO3S2/c1-14(2)26-22(25)20-17-10-6-7-11-18(17)28-21(20)23-19(24)13-27-12-16-9-5-4-8-15(16)3/h4-5,8-9,14H,6-7,10-13H2,1-3H3,(H,23,24). The Morgan fingerprint density at radius 1 is 1.21 bits per heavy atom. The van der Waals surface area contributed by atoms with Gasteiger partial charge in [-0.15, -0.1) is 23.1 Å². The van der Waals surface area contributed by atoms with E-state index in [-0.39, 0.29) is 18.0 Å². The van der Waals surface area contributed by atoms with E-state index in [0.29, 0.717) is 16.3 Å². The summed E-state index contributed by atoms with van der Waals surface area (Å²) < 4.78 is 5.45. The van der Waals surface area contributed by atoms with Crippen molar-refractivity contribution in [3.8, 4) is 0 Å². The molecule has 1 aliphatic rings. The zero-order valence-electron chi connectivity index (χ0n) is 16.7. The van der Waals surface area contributed by atoms with Crippen molar-refractivity contribution >= 4 is 40.0 Å². The highest BCUT2D eigenvalue weighted by Crippen LogP contribution is 2.38. The second-order valence-electron chi connectivity index (χ2n) is 7.34. The number of rotatable bonds is 7. The van der Waals surface area contributed by atoms with Crippen LogP contribution in [0.3, 0.4) is 0 Å². The first kappa shape index (κ1) is 20.9. The van der Waals surface area contributed by atoms with Crippen LogP contribution in [0.2, 0.25) is 0 Å². The molecule has 6 heteroatoms. The van der Waals surface area contributed by atoms with Gasteiger partial charge in [-0.05, 0) is 63.1 Å². The zero-order chi connectivity index (χ0) is 20.1. The molecule has 2 aromatic rings. The predicted octanol–water partition coefficient (Wildman–Crippen LogP) is 5.37. The number of benzene rings is 1. The first-order chi connectivity index (χ1) is 13.5. The molecule has 0 atom stereocenters. The first-order valence-corrected chi connectivity index (χ1v) is 11.7. The Hall–Kier alpha value is -1.79. The summed E-state index contributed by atoms with van der Waals surface area (Å²) in [6.07, 6.45) is 3.88. The molecule has 1 aromatic carbocycles. The first-order valence-electron chi connectivity index (χ1n) is 9.73. The molecule has 0 fully saturated rings. The van der Waals surface area contributed by atoms with E-state index in [9.17, 15) is 9.59 Å². The minimum Gasteiger partial charge on any atom is -0.459 e. The zero-order valence-corrected chi connectivity index (χ0v) is 18.3. The van der Waals surface area contributed by atoms with Crippen molar-refractivity contribution in [1.29, 1.82) is 0 Å². The van der Waals surface area contributed by atoms with Gasteiger partial charge in [0.05, 0.1) is 17.4 Å². The molecular weight excluding hydrogens is 390 g/mol. The van der Waals surface area contributed by atoms with Gasteiger partial charge in [-0.25, -0.2) is 4.79 Å². The van der Waals surface area contributed by atoms with Crippen LogP contribution in [0.5, 0.6) is 0 Å². The van der Waals surface area contributed by atoms with Crippen LogP contribution in [-0.4, -0.2) is 23.7 Å². The van der Waals surface area contributed by atoms with Crippen LogP contribution in [0.1, 0.15) is 58.6 Å². The maximum Gasteiger partial charge on any atom is 0.341 e. The molecule has 1 heterocycles. The van der Waals surface area contributed by atoms with Crippen LogP contribution in [-0.2, 0) is 28.1 Å². The summed E-state index contributed by atoms with van der Waals surface area (Å²) in [6, 6.07) is 8.21. The fourth-order valence-electron chi connectivity index (χ4n) is 3.33. The summed E-state index contributed by atoms with van der Waals surface area (Å²) in [4.78, 5) is 26.4. The van der Waals surface area contributed by atoms with Crippen molar-refractivity contribution in [2.45, 2.75) is 58.3 Å². The highest BCUT2D eigenvalue weighted by atomic mass is 32.2. The number of hydrogen-bond acceptors (Lipinski definition) is 5. The Kier molecular flexibility index (Phi) is 7.18. The molecule has 4 nitrogen and oxygen atoms in total. The molecule has 0 bridgehead atoms. The van der Waals surface area contributed by atoms with Crippen LogP contribution in [0, 0.1) is 6.92 Å². The quantitative estimate of drug-likeness (QED) is 0.615. The monoisotopic (exact) mass is 417 g/mol. The summed E-state index contributed by atoms with van der Waals surface area (Å²) in [7, 11) is 0. The van der Waals surface area contributed by atoms with Gasteiger partial charge in [-0.1, -0.05) is 24.3 Å². The summed E-state index contributed by atoms with van der Waals surface area (Å²) in [5.41, 5.74) is 4.13. The number of aryl methyl sites for hydroxylation is 2. The molecule has 0 aliphatic heterocycles. The summed E-state index contributed by atoms with van der Waals surface area (Å²) in [5, 5.41) is 3.63. The number of thioether (sulfide) groups is 1. The Morgan fingerprint density at radius 3 is 2.71 bits per heavy atom. The Morgan fingerprint density at radius 2 is 1.96 bits per heavy atom. The van der Waals surface area contributed by atoms with Gasteiger partial charge in [-0.2, -0.15) is 0 Å². The number of fused-ring (bicyclic) bond motifs is 1. The third-order valence-electron chi connectivity index (χ3n) is 4.72. The summed E-state index contributed by atoms with van der Waals surface area (Å²) in [6.45, 7) is 5.77. The molecule has 0 unspecified atom stereocenters. The number of nitrogens with one attached hydrogen (secondary N) is 1. The van der Waals surface area contributed by atoms with E-state index in [1.165, 1.54) is 27.3 Å². The molecule has 0 radical (unpaired) electrons. The molecule has 28 heavy (non-hydrogen) atoms. The minimum absolute atomic E-state index is 0.0734. The molecule has 1 aromatic heterocycles. The third-order valence-corrected chi connectivity index (χ3v) is 6.91. The van der Waals surface area contributed by atoms with E-state index in [0.717, 1.165) is 37.0 Å². The predicted molar refractivity (Wildman–Crippen MR) is 117 cm³/mol. The molecule has 1 aliphatic carbocycles. The highest BCUT2D eigenvalue weighted by Gasteiger charge is 2.27. The molecule has 150 valence electrons. The van der Waals surface area contributed by atoms with Gasteiger partial charge in [0, 0.05) is 10.6 Å². The second kappa shape index (κ2) is 9.61. The van der Waals surface area contributed by atoms with Crippen LogP contribution >= 0.6 is 23.1 Å². The van der Waals surface area contributed by atoms with Crippen LogP contribution in [0.4, 0.5) is 5.00 Å². The van der Waals surface area contributed by atoms with Gasteiger partial charge in [0.1, 0.15) is 5.00 Å². The maximum atomic E-state index is 12.7. The summed E-state index contributed by atoms with van der Waals surface area (Å²) in [5.74, 6) is 0.756. The van der Waals surface area contributed by atoms with Gasteiger partial charge < -0.3 is 10.1 Å². The number of anilines is 1. The van der Waals surface area contributed by atoms with Gasteiger partial charge in [0.2, 0.25) is 5.91 Å². The van der Waals surface area contributed by atoms with Crippen LogP contribution in [0.25, 0.3) is 0 Å². The van der Waals surface area contributed by atoms with Gasteiger partial charge in [0.15, 0.2) is 0 Å². The van der Waals surface area contributed by atoms with E-state index >= 15 is 0 Å². The van der Waals surface area contributed by atoms with Gasteiger partial charge in [-0.3, -0.25) is 4.79 Å². The lowest BCUT2D eigenvalue weighted by atomic mass is 9.95. The molecule has 1 amide bonds. The highest BCUT2D eigenvalue weighted by molar-refractivity contribution is 7.99. The van der Waals surface area contributed by atoms with Crippen LogP contribution < -0.4 is 5.32 Å². The lowest BCUT2D eigenvalue weighted by molar-refractivity contribution is -0.113. The average Bonchev–Trinajstić information content (AvgIpc) is 3.00. The lowest BCUT2D eigenvalue weighted by Gasteiger charge is -2.14. The third kappa shape index (κ3) is 5.17. The lowest BCUT2D eigenvalue weighted by Crippen LogP contribution is -2.18. The maximum absolute atomic E-state index is 12.7. The van der Waals surface area contributed by atoms with Gasteiger partial charge >= 0.3 is 5.97 Å². The molecule has 1 N–H and O–H groups in total. The molecule has 0 spiro atoms. The number of ether oxygens (including phenoxy) is 1. The molecule has 0 saturated heterocycles. The topological polar surface area (TPSA) is 55.4 Å². The Labute approximate surface area is 175 Å². The number of amides is 1. The Bertz CT molecular complexity index is 857. The fraction of sp³-hybridized carbons (Fsp3) is 0.455. The smallest absolute Gasteiger partial charge is 0.341 e. The van der Waals surface area contributed by atoms with Crippen molar-refractivity contribution in [3.05, 3.63) is 51.4 Å². The molecular formula is C22H27NO3S2. The van der Waals surface area contributed by atoms with E-state index < -0.39 is 0 Å². The Balaban J connectivity index is 1.67. The van der Waals surface area contributed by atoms with Crippen molar-refractivity contribution in [2.24, 2.45) is 0 Å². The van der Waals surface area contributed by atoms with E-state index in [1.807, 2.05) is 26.0 Å². The SMILES string of the molecule is Cc1ccccc1CSCC(=O)Nc1sc2c(c1C(=O)OC(C)C)CCCC2. The van der Waals surface area contributed by atoms with Crippen molar-refractivity contribution in [1.82, 2.24) is 0 Å². The minimum atomic E-state index is -0.322. The fourth-order valence-corrected chi connectivity index (χ4v) is 5.53. The number of carbonyl (C=O) groups is 2. The van der Waals surface area contributed by atoms with E-state index in [4.69, 9.17) is 4.74 Å². The van der Waals surface area contributed by atoms with Crippen molar-refractivity contribution < 1.29 is 14.3 Å². The number of hydrogen-bond donors (Lipinski definition) is 1. The van der Waals surface area contributed by atoms with Crippen molar-refractivity contribution in [3.63, 3.8) is 0 Å². The molecule has 3 rings (SSSR count). The van der Waals surface area contributed by atoms with Gasteiger partial charge in [0.25, 0.3) is 0 Å². The van der Waals surface area contributed by atoms with E-state index in [1.54, 1.807) is 11.8 Å². The number of thiophene rings is 1. The normalized spacial score (nSPS) is 13.3. The largest absolute Gasteiger partial charge is 0.459 e. The van der Waals surface area contributed by atoms with E-state index in [2.05, 4.69) is 24.4 Å². The van der Waals surface area contributed by atoms with Crippen molar-refractivity contribution in [2.75, 3.05) is 11.1 Å². The molecule has 0 saturated carbocycles. The summed E-state index contributed by atoms with van der Waals surface area (Å²) >= 11 is 3.12. The number of carbonyl (C=O) groups excluding carboxylic acids is 2.